The molecule has 0 radical (unpaired) electrons. The minimum Gasteiger partial charge on any atom is -0.322 e. The van der Waals surface area contributed by atoms with Gasteiger partial charge in [-0.2, -0.15) is 0 Å². The molecular weight excluding hydrogens is 332 g/mol. The molecule has 136 valence electrons. The lowest BCUT2D eigenvalue weighted by molar-refractivity contribution is -0.136. The predicted octanol–water partition coefficient (Wildman–Crippen LogP) is 0.0416. The summed E-state index contributed by atoms with van der Waals surface area (Å²) in [6, 6.07) is 5.91. The van der Waals surface area contributed by atoms with Gasteiger partial charge in [-0.1, -0.05) is 12.1 Å². The normalized spacial score (nSPS) is 32.5. The number of amides is 3. The Hall–Kier alpha value is -2.25. The molecule has 1 aromatic rings. The number of fused-ring (bicyclic) bond motifs is 2. The second kappa shape index (κ2) is 5.62. The van der Waals surface area contributed by atoms with Gasteiger partial charge in [0.1, 0.15) is 6.04 Å². The van der Waals surface area contributed by atoms with Crippen LogP contribution in [-0.4, -0.2) is 46.8 Å². The van der Waals surface area contributed by atoms with E-state index in [1.165, 1.54) is 12.8 Å². The van der Waals surface area contributed by atoms with Crippen molar-refractivity contribution in [2.45, 2.75) is 56.4 Å². The van der Waals surface area contributed by atoms with Crippen molar-refractivity contribution in [3.05, 3.63) is 34.9 Å². The average molecular weight is 354 g/mol. The highest BCUT2D eigenvalue weighted by molar-refractivity contribution is 6.05. The summed E-state index contributed by atoms with van der Waals surface area (Å²) in [5.41, 5.74) is 3.02. The quantitative estimate of drug-likeness (QED) is 0.665. The molecule has 3 saturated heterocycles. The molecule has 3 N–H and O–H groups in total. The molecule has 1 aliphatic carbocycles. The van der Waals surface area contributed by atoms with E-state index in [9.17, 15) is 14.4 Å². The molecule has 26 heavy (non-hydrogen) atoms. The van der Waals surface area contributed by atoms with Gasteiger partial charge in [0, 0.05) is 43.2 Å². The van der Waals surface area contributed by atoms with Gasteiger partial charge in [0.2, 0.25) is 11.8 Å². The number of piperidine rings is 1. The molecule has 6 rings (SSSR count). The molecular formula is C19H22N4O3. The Morgan fingerprint density at radius 1 is 1.23 bits per heavy atom. The molecule has 5 aliphatic rings. The molecule has 4 fully saturated rings. The number of rotatable bonds is 4. The summed E-state index contributed by atoms with van der Waals surface area (Å²) in [5.74, 6) is -0.734. The van der Waals surface area contributed by atoms with Crippen molar-refractivity contribution in [3.63, 3.8) is 0 Å². The lowest BCUT2D eigenvalue weighted by atomic mass is 9.78. The number of benzene rings is 1. The van der Waals surface area contributed by atoms with Crippen LogP contribution in [0, 0.1) is 0 Å². The number of hydrogen-bond donors (Lipinski definition) is 3. The average Bonchev–Trinajstić information content (AvgIpc) is 3.27. The zero-order valence-electron chi connectivity index (χ0n) is 14.5. The van der Waals surface area contributed by atoms with Gasteiger partial charge in [0.25, 0.3) is 5.91 Å². The van der Waals surface area contributed by atoms with Crippen LogP contribution in [0.25, 0.3) is 0 Å². The summed E-state index contributed by atoms with van der Waals surface area (Å²) in [6.45, 7) is 2.17. The Morgan fingerprint density at radius 2 is 2.08 bits per heavy atom. The van der Waals surface area contributed by atoms with Crippen molar-refractivity contribution in [3.8, 4) is 0 Å². The molecule has 1 saturated carbocycles. The zero-order valence-corrected chi connectivity index (χ0v) is 14.5. The Kier molecular flexibility index (Phi) is 3.45. The van der Waals surface area contributed by atoms with Crippen LogP contribution < -0.4 is 16.0 Å². The largest absolute Gasteiger partial charge is 0.322 e. The predicted molar refractivity (Wildman–Crippen MR) is 93.1 cm³/mol. The van der Waals surface area contributed by atoms with Gasteiger partial charge in [-0.3, -0.25) is 19.7 Å². The van der Waals surface area contributed by atoms with Crippen molar-refractivity contribution in [2.75, 3.05) is 6.54 Å². The highest BCUT2D eigenvalue weighted by Gasteiger charge is 2.50. The van der Waals surface area contributed by atoms with Gasteiger partial charge in [-0.05, 0) is 36.5 Å². The summed E-state index contributed by atoms with van der Waals surface area (Å²) in [6.07, 6.45) is 3.02. The molecule has 7 nitrogen and oxygen atoms in total. The second-order valence-electron chi connectivity index (χ2n) is 7.96. The third-order valence-corrected chi connectivity index (χ3v) is 6.34. The number of carbonyl (C=O) groups excluding carboxylic acids is 3. The Morgan fingerprint density at radius 3 is 2.81 bits per heavy atom. The van der Waals surface area contributed by atoms with Crippen LogP contribution in [0.3, 0.4) is 0 Å². The van der Waals surface area contributed by atoms with Crippen LogP contribution in [-0.2, 0) is 22.7 Å². The number of carbonyl (C=O) groups is 3. The van der Waals surface area contributed by atoms with E-state index < -0.39 is 6.04 Å². The first-order valence-corrected chi connectivity index (χ1v) is 9.28. The summed E-state index contributed by atoms with van der Waals surface area (Å²) in [7, 11) is 0. The Balaban J connectivity index is 1.35. The van der Waals surface area contributed by atoms with Gasteiger partial charge in [-0.25, -0.2) is 0 Å². The third-order valence-electron chi connectivity index (χ3n) is 6.34. The smallest absolute Gasteiger partial charge is 0.255 e. The molecule has 7 heteroatoms. The van der Waals surface area contributed by atoms with E-state index in [-0.39, 0.29) is 29.7 Å². The summed E-state index contributed by atoms with van der Waals surface area (Å²) in [5, 5.41) is 9.52. The molecule has 1 aromatic carbocycles. The minimum atomic E-state index is -0.557. The summed E-state index contributed by atoms with van der Waals surface area (Å²) in [4.78, 5) is 38.0. The number of nitrogens with one attached hydrogen (secondary N) is 3. The standard InChI is InChI=1S/C19H22N4O3/c24-16-5-4-15(17(25)22-16)23-9-14-11(2-1-3-13(14)18(23)26)8-21-19-6-12(7-19)20-10-19/h1-3,12,15,20-21H,4-10H2,(H,22,24,25). The summed E-state index contributed by atoms with van der Waals surface area (Å²) < 4.78 is 0. The lowest BCUT2D eigenvalue weighted by Gasteiger charge is -2.38. The van der Waals surface area contributed by atoms with E-state index in [0.717, 1.165) is 24.2 Å². The third kappa shape index (κ3) is 2.38. The molecule has 3 amide bonds. The van der Waals surface area contributed by atoms with Crippen molar-refractivity contribution in [1.29, 1.82) is 0 Å². The van der Waals surface area contributed by atoms with Crippen molar-refractivity contribution in [1.82, 2.24) is 20.9 Å². The molecule has 1 atom stereocenters. The van der Waals surface area contributed by atoms with Crippen LogP contribution in [0.4, 0.5) is 0 Å². The number of hydrogen-bond acceptors (Lipinski definition) is 5. The van der Waals surface area contributed by atoms with Gasteiger partial charge in [-0.15, -0.1) is 0 Å². The van der Waals surface area contributed by atoms with E-state index >= 15 is 0 Å². The first kappa shape index (κ1) is 16.0. The van der Waals surface area contributed by atoms with Gasteiger partial charge < -0.3 is 15.5 Å². The van der Waals surface area contributed by atoms with Crippen LogP contribution in [0.5, 0.6) is 0 Å². The van der Waals surface area contributed by atoms with E-state index in [4.69, 9.17) is 0 Å². The van der Waals surface area contributed by atoms with Gasteiger partial charge >= 0.3 is 0 Å². The monoisotopic (exact) mass is 354 g/mol. The fraction of sp³-hybridized carbons (Fsp3) is 0.526. The fourth-order valence-corrected chi connectivity index (χ4v) is 4.82. The van der Waals surface area contributed by atoms with Crippen LogP contribution in [0.15, 0.2) is 18.2 Å². The van der Waals surface area contributed by atoms with Crippen molar-refractivity contribution < 1.29 is 14.4 Å². The maximum absolute atomic E-state index is 12.8. The molecule has 0 aromatic heterocycles. The van der Waals surface area contributed by atoms with E-state index in [2.05, 4.69) is 22.0 Å². The molecule has 1 unspecified atom stereocenters. The summed E-state index contributed by atoms with van der Waals surface area (Å²) >= 11 is 0. The van der Waals surface area contributed by atoms with E-state index in [1.54, 1.807) is 4.90 Å². The zero-order chi connectivity index (χ0) is 17.9. The van der Waals surface area contributed by atoms with Crippen LogP contribution in [0.1, 0.15) is 47.2 Å². The number of nitrogens with zero attached hydrogens (tertiary/aromatic N) is 1. The van der Waals surface area contributed by atoms with Gasteiger partial charge in [0.15, 0.2) is 0 Å². The first-order chi connectivity index (χ1) is 12.5. The highest BCUT2D eigenvalue weighted by atomic mass is 16.2. The minimum absolute atomic E-state index is 0.110. The van der Waals surface area contributed by atoms with Crippen molar-refractivity contribution >= 4 is 17.7 Å². The molecule has 4 aliphatic heterocycles. The highest BCUT2D eigenvalue weighted by Crippen LogP contribution is 2.38. The SMILES string of the molecule is O=C1CCC(N2Cc3c(CNC45CNC(C4)C5)cccc3C2=O)C(=O)N1. The fourth-order valence-electron chi connectivity index (χ4n) is 4.82. The van der Waals surface area contributed by atoms with Crippen LogP contribution >= 0.6 is 0 Å². The molecule has 0 spiro atoms. The number of imide groups is 1. The second-order valence-corrected chi connectivity index (χ2v) is 7.96. The molecule has 2 bridgehead atoms. The van der Waals surface area contributed by atoms with Crippen molar-refractivity contribution in [2.24, 2.45) is 0 Å². The van der Waals surface area contributed by atoms with Crippen LogP contribution in [0.2, 0.25) is 0 Å². The maximum atomic E-state index is 12.8. The van der Waals surface area contributed by atoms with E-state index in [0.29, 0.717) is 24.6 Å². The Labute approximate surface area is 151 Å². The topological polar surface area (TPSA) is 90.5 Å². The molecule has 4 heterocycles. The Bertz CT molecular complexity index is 809. The van der Waals surface area contributed by atoms with E-state index in [1.807, 2.05) is 12.1 Å². The first-order valence-electron chi connectivity index (χ1n) is 9.28. The maximum Gasteiger partial charge on any atom is 0.255 e. The lowest BCUT2D eigenvalue weighted by Crippen LogP contribution is -2.52. The van der Waals surface area contributed by atoms with Gasteiger partial charge in [0.05, 0.1) is 0 Å².